The number of aromatic nitrogens is 2. The summed E-state index contributed by atoms with van der Waals surface area (Å²) in [7, 11) is 1.92. The quantitative estimate of drug-likeness (QED) is 0.870. The van der Waals surface area contributed by atoms with Crippen LogP contribution in [0.4, 0.5) is 0 Å². The summed E-state index contributed by atoms with van der Waals surface area (Å²) in [5, 5.41) is 7.45. The predicted octanol–water partition coefficient (Wildman–Crippen LogP) is 2.69. The van der Waals surface area contributed by atoms with E-state index in [2.05, 4.69) is 45.6 Å². The van der Waals surface area contributed by atoms with Gasteiger partial charge in [0, 0.05) is 38.3 Å². The van der Waals surface area contributed by atoms with Crippen LogP contribution in [0.25, 0.3) is 0 Å². The third-order valence-corrected chi connectivity index (χ3v) is 5.77. The Hall–Kier alpha value is -2.14. The molecule has 0 bridgehead atoms. The highest BCUT2D eigenvalue weighted by molar-refractivity contribution is 5.82. The van der Waals surface area contributed by atoms with Crippen molar-refractivity contribution in [3.63, 3.8) is 0 Å². The molecule has 1 amide bonds. The van der Waals surface area contributed by atoms with Gasteiger partial charge in [-0.15, -0.1) is 0 Å². The van der Waals surface area contributed by atoms with Crippen LogP contribution in [0, 0.1) is 5.92 Å². The number of rotatable bonds is 6. The van der Waals surface area contributed by atoms with Crippen LogP contribution in [0.3, 0.4) is 0 Å². The molecule has 1 saturated heterocycles. The third kappa shape index (κ3) is 3.98. The van der Waals surface area contributed by atoms with Crippen LogP contribution < -0.4 is 5.32 Å². The smallest absolute Gasteiger partial charge is 0.223 e. The minimum absolute atomic E-state index is 0.130. The lowest BCUT2D eigenvalue weighted by Crippen LogP contribution is -2.46. The maximum atomic E-state index is 12.5. The lowest BCUT2D eigenvalue weighted by atomic mass is 10.0. The van der Waals surface area contributed by atoms with Crippen molar-refractivity contribution in [2.45, 2.75) is 44.2 Å². The van der Waals surface area contributed by atoms with Gasteiger partial charge in [-0.05, 0) is 42.9 Å². The Balaban J connectivity index is 1.29. The Labute approximate surface area is 155 Å². The molecular formula is C21H28N4O. The molecule has 1 aromatic carbocycles. The number of aryl methyl sites for hydroxylation is 1. The Morgan fingerprint density at radius 3 is 2.88 bits per heavy atom. The molecule has 0 radical (unpaired) electrons. The number of carbonyl (C=O) groups is 1. The van der Waals surface area contributed by atoms with Crippen molar-refractivity contribution < 1.29 is 4.79 Å². The summed E-state index contributed by atoms with van der Waals surface area (Å²) in [5.41, 5.74) is 2.54. The van der Waals surface area contributed by atoms with Gasteiger partial charge in [0.25, 0.3) is 0 Å². The zero-order valence-corrected chi connectivity index (χ0v) is 15.5. The number of piperidine rings is 1. The molecule has 1 aliphatic heterocycles. The van der Waals surface area contributed by atoms with Crippen molar-refractivity contribution in [3.8, 4) is 0 Å². The molecule has 2 aliphatic rings. The lowest BCUT2D eigenvalue weighted by molar-refractivity contribution is -0.122. The average molecular weight is 352 g/mol. The fraction of sp³-hybridized carbons (Fsp3) is 0.524. The van der Waals surface area contributed by atoms with E-state index in [-0.39, 0.29) is 11.8 Å². The van der Waals surface area contributed by atoms with E-state index >= 15 is 0 Å². The van der Waals surface area contributed by atoms with E-state index in [9.17, 15) is 4.79 Å². The molecule has 4 rings (SSSR count). The highest BCUT2D eigenvalue weighted by atomic mass is 16.2. The summed E-state index contributed by atoms with van der Waals surface area (Å²) in [6, 6.07) is 11.1. The minimum atomic E-state index is 0.130. The van der Waals surface area contributed by atoms with Crippen molar-refractivity contribution in [3.05, 3.63) is 53.9 Å². The molecular weight excluding hydrogens is 324 g/mol. The summed E-state index contributed by atoms with van der Waals surface area (Å²) >= 11 is 0. The van der Waals surface area contributed by atoms with Crippen LogP contribution >= 0.6 is 0 Å². The van der Waals surface area contributed by atoms with Crippen LogP contribution in [0.1, 0.15) is 42.7 Å². The van der Waals surface area contributed by atoms with Gasteiger partial charge < -0.3 is 5.32 Å². The maximum absolute atomic E-state index is 12.5. The van der Waals surface area contributed by atoms with Crippen molar-refractivity contribution >= 4 is 5.91 Å². The average Bonchev–Trinajstić information content (AvgIpc) is 3.35. The summed E-state index contributed by atoms with van der Waals surface area (Å²) in [4.78, 5) is 15.1. The largest absolute Gasteiger partial charge is 0.354 e. The minimum Gasteiger partial charge on any atom is -0.354 e. The molecule has 2 fully saturated rings. The molecule has 5 heteroatoms. The molecule has 138 valence electrons. The molecule has 3 unspecified atom stereocenters. The normalized spacial score (nSPS) is 25.8. The van der Waals surface area contributed by atoms with Gasteiger partial charge in [0.2, 0.25) is 5.91 Å². The number of hydrogen-bond donors (Lipinski definition) is 1. The molecule has 1 saturated carbocycles. The first-order valence-electron chi connectivity index (χ1n) is 9.75. The molecule has 3 atom stereocenters. The Bertz CT molecular complexity index is 741. The number of hydrogen-bond acceptors (Lipinski definition) is 3. The highest BCUT2D eigenvalue weighted by Gasteiger charge is 2.44. The molecule has 1 aliphatic carbocycles. The second kappa shape index (κ2) is 7.62. The first kappa shape index (κ1) is 17.3. The van der Waals surface area contributed by atoms with Crippen molar-refractivity contribution in [1.82, 2.24) is 20.0 Å². The van der Waals surface area contributed by atoms with E-state index in [0.717, 1.165) is 26.1 Å². The fourth-order valence-corrected chi connectivity index (χ4v) is 4.15. The molecule has 0 spiro atoms. The second-order valence-corrected chi connectivity index (χ2v) is 7.75. The number of benzene rings is 1. The monoisotopic (exact) mass is 352 g/mol. The van der Waals surface area contributed by atoms with E-state index in [1.54, 1.807) is 0 Å². The van der Waals surface area contributed by atoms with Gasteiger partial charge in [0.1, 0.15) is 0 Å². The number of nitrogens with one attached hydrogen (secondary N) is 1. The van der Waals surface area contributed by atoms with Gasteiger partial charge in [-0.3, -0.25) is 14.4 Å². The van der Waals surface area contributed by atoms with Gasteiger partial charge in [0.15, 0.2) is 0 Å². The van der Waals surface area contributed by atoms with Gasteiger partial charge in [-0.25, -0.2) is 0 Å². The van der Waals surface area contributed by atoms with E-state index in [0.29, 0.717) is 12.0 Å². The maximum Gasteiger partial charge on any atom is 0.223 e. The highest BCUT2D eigenvalue weighted by Crippen LogP contribution is 2.47. The Morgan fingerprint density at radius 2 is 2.12 bits per heavy atom. The van der Waals surface area contributed by atoms with Crippen LogP contribution in [0.5, 0.6) is 0 Å². The summed E-state index contributed by atoms with van der Waals surface area (Å²) in [6.07, 6.45) is 8.55. The lowest BCUT2D eigenvalue weighted by Gasteiger charge is -2.36. The van der Waals surface area contributed by atoms with Crippen LogP contribution in [0.15, 0.2) is 42.7 Å². The predicted molar refractivity (Wildman–Crippen MR) is 102 cm³/mol. The topological polar surface area (TPSA) is 50.2 Å². The van der Waals surface area contributed by atoms with Crippen LogP contribution in [-0.2, 0) is 18.4 Å². The molecule has 5 nitrogen and oxygen atoms in total. The van der Waals surface area contributed by atoms with Gasteiger partial charge in [-0.2, -0.15) is 5.10 Å². The standard InChI is InChI=1S/C21H28N4O/c1-24-15-17(12-23-24)19-11-20(19)21(26)22-13-18-9-5-6-10-25(18)14-16-7-3-2-4-8-16/h2-4,7-8,12,15,18-20H,5-6,9-11,13-14H2,1H3,(H,22,26). The molecule has 2 aromatic rings. The summed E-state index contributed by atoms with van der Waals surface area (Å²) in [6.45, 7) is 2.86. The molecule has 1 aromatic heterocycles. The van der Waals surface area contributed by atoms with E-state index < -0.39 is 0 Å². The zero-order valence-electron chi connectivity index (χ0n) is 15.5. The van der Waals surface area contributed by atoms with Gasteiger partial charge in [-0.1, -0.05) is 36.8 Å². The summed E-state index contributed by atoms with van der Waals surface area (Å²) in [5.74, 6) is 0.699. The first-order chi connectivity index (χ1) is 12.7. The first-order valence-corrected chi connectivity index (χ1v) is 9.75. The number of amides is 1. The van der Waals surface area contributed by atoms with E-state index in [1.165, 1.54) is 30.4 Å². The zero-order chi connectivity index (χ0) is 17.9. The van der Waals surface area contributed by atoms with Crippen molar-refractivity contribution in [2.24, 2.45) is 13.0 Å². The molecule has 1 N–H and O–H groups in total. The SMILES string of the molecule is Cn1cc(C2CC2C(=O)NCC2CCCCN2Cc2ccccc2)cn1. The number of carbonyl (C=O) groups excluding carboxylic acids is 1. The van der Waals surface area contributed by atoms with Gasteiger partial charge >= 0.3 is 0 Å². The van der Waals surface area contributed by atoms with Crippen LogP contribution in [-0.4, -0.2) is 39.7 Å². The third-order valence-electron chi connectivity index (χ3n) is 5.77. The van der Waals surface area contributed by atoms with Crippen molar-refractivity contribution in [1.29, 1.82) is 0 Å². The van der Waals surface area contributed by atoms with Crippen molar-refractivity contribution in [2.75, 3.05) is 13.1 Å². The van der Waals surface area contributed by atoms with E-state index in [1.807, 2.05) is 24.1 Å². The van der Waals surface area contributed by atoms with Gasteiger partial charge in [0.05, 0.1) is 6.20 Å². The van der Waals surface area contributed by atoms with E-state index in [4.69, 9.17) is 0 Å². The molecule has 26 heavy (non-hydrogen) atoms. The second-order valence-electron chi connectivity index (χ2n) is 7.75. The number of nitrogens with zero attached hydrogens (tertiary/aromatic N) is 3. The molecule has 2 heterocycles. The summed E-state index contributed by atoms with van der Waals surface area (Å²) < 4.78 is 1.81. The van der Waals surface area contributed by atoms with Crippen LogP contribution in [0.2, 0.25) is 0 Å². The Kier molecular flexibility index (Phi) is 5.07. The Morgan fingerprint density at radius 1 is 1.27 bits per heavy atom. The fourth-order valence-electron chi connectivity index (χ4n) is 4.15. The number of likely N-dealkylation sites (tertiary alicyclic amines) is 1.